The maximum Gasteiger partial charge on any atom is 0.0269 e. The molecule has 0 aromatic rings. The minimum Gasteiger partial charge on any atom is -0.266 e. The van der Waals surface area contributed by atoms with E-state index in [9.17, 15) is 0 Å². The third-order valence-electron chi connectivity index (χ3n) is 1.81. The van der Waals surface area contributed by atoms with Crippen molar-refractivity contribution < 1.29 is 0 Å². The molecule has 0 unspecified atom stereocenters. The summed E-state index contributed by atoms with van der Waals surface area (Å²) in [6, 6.07) is 0. The van der Waals surface area contributed by atoms with Crippen LogP contribution in [0.4, 0.5) is 0 Å². The molecule has 0 spiro atoms. The van der Waals surface area contributed by atoms with Gasteiger partial charge < -0.3 is 0 Å². The fourth-order valence-electron chi connectivity index (χ4n) is 0.987. The van der Waals surface area contributed by atoms with Crippen molar-refractivity contribution in [3.05, 3.63) is 23.4 Å². The summed E-state index contributed by atoms with van der Waals surface area (Å²) in [6.45, 7) is 6.34. The van der Waals surface area contributed by atoms with Gasteiger partial charge in [0.15, 0.2) is 0 Å². The van der Waals surface area contributed by atoms with Crippen molar-refractivity contribution in [3.63, 3.8) is 0 Å². The molecule has 0 saturated heterocycles. The van der Waals surface area contributed by atoms with Crippen LogP contribution >= 0.6 is 0 Å². The first-order chi connectivity index (χ1) is 4.70. The Hall–Kier alpha value is -0.850. The summed E-state index contributed by atoms with van der Waals surface area (Å²) in [4.78, 5) is 4.22. The molecule has 0 fully saturated rings. The van der Waals surface area contributed by atoms with E-state index < -0.39 is 0 Å². The molecule has 1 nitrogen and oxygen atoms in total. The molecule has 0 atom stereocenters. The monoisotopic (exact) mass is 135 g/mol. The lowest BCUT2D eigenvalue weighted by atomic mass is 10.1. The normalized spacial score (nSPS) is 18.9. The number of allylic oxidation sites excluding steroid dienone is 3. The van der Waals surface area contributed by atoms with E-state index in [1.807, 2.05) is 6.20 Å². The Morgan fingerprint density at radius 2 is 2.00 bits per heavy atom. The zero-order chi connectivity index (χ0) is 7.56. The van der Waals surface area contributed by atoms with Crippen molar-refractivity contribution in [2.24, 2.45) is 4.99 Å². The van der Waals surface area contributed by atoms with E-state index in [0.717, 1.165) is 6.42 Å². The van der Waals surface area contributed by atoms with Crippen LogP contribution in [0.5, 0.6) is 0 Å². The average molecular weight is 135 g/mol. The molecule has 0 radical (unpaired) electrons. The molecule has 10 heavy (non-hydrogen) atoms. The molecular formula is C9H13N. The van der Waals surface area contributed by atoms with Crippen molar-refractivity contribution in [2.45, 2.75) is 27.2 Å². The summed E-state index contributed by atoms with van der Waals surface area (Å²) in [5.74, 6) is 0. The van der Waals surface area contributed by atoms with Gasteiger partial charge in [-0.15, -0.1) is 0 Å². The summed E-state index contributed by atoms with van der Waals surface area (Å²) >= 11 is 0. The Morgan fingerprint density at radius 1 is 1.30 bits per heavy atom. The quantitative estimate of drug-likeness (QED) is 0.484. The Labute approximate surface area is 62.2 Å². The number of hydrogen-bond donors (Lipinski definition) is 0. The van der Waals surface area contributed by atoms with E-state index >= 15 is 0 Å². The molecule has 1 aliphatic heterocycles. The summed E-state index contributed by atoms with van der Waals surface area (Å²) in [5, 5.41) is 0. The van der Waals surface area contributed by atoms with Crippen molar-refractivity contribution in [1.82, 2.24) is 0 Å². The third-order valence-corrected chi connectivity index (χ3v) is 1.81. The van der Waals surface area contributed by atoms with Crippen molar-refractivity contribution in [1.29, 1.82) is 0 Å². The Morgan fingerprint density at radius 3 is 2.70 bits per heavy atom. The molecule has 1 rings (SSSR count). The van der Waals surface area contributed by atoms with Gasteiger partial charge in [0.2, 0.25) is 0 Å². The predicted molar refractivity (Wildman–Crippen MR) is 45.2 cm³/mol. The zero-order valence-electron chi connectivity index (χ0n) is 6.81. The minimum absolute atomic E-state index is 1.03. The first-order valence-electron chi connectivity index (χ1n) is 3.56. The first kappa shape index (κ1) is 7.26. The van der Waals surface area contributed by atoms with Gasteiger partial charge in [-0.25, -0.2) is 0 Å². The standard InChI is InChI=1S/C9H13N/c1-7-4-5-10-9(3)6-8(7)2/h4-5H,6H2,1-3H3. The summed E-state index contributed by atoms with van der Waals surface area (Å²) in [6.07, 6.45) is 4.96. The first-order valence-corrected chi connectivity index (χ1v) is 3.56. The summed E-state index contributed by atoms with van der Waals surface area (Å²) in [5.41, 5.74) is 3.97. The molecular weight excluding hydrogens is 122 g/mol. The lowest BCUT2D eigenvalue weighted by molar-refractivity contribution is 1.20. The van der Waals surface area contributed by atoms with Crippen LogP contribution in [-0.4, -0.2) is 5.71 Å². The maximum atomic E-state index is 4.22. The number of nitrogens with zero attached hydrogens (tertiary/aromatic N) is 1. The second kappa shape index (κ2) is 2.82. The topological polar surface area (TPSA) is 12.4 Å². The molecule has 0 N–H and O–H groups in total. The van der Waals surface area contributed by atoms with E-state index in [1.54, 1.807) is 0 Å². The van der Waals surface area contributed by atoms with Crippen molar-refractivity contribution >= 4 is 5.71 Å². The van der Waals surface area contributed by atoms with Crippen molar-refractivity contribution in [3.8, 4) is 0 Å². The number of hydrogen-bond acceptors (Lipinski definition) is 1. The van der Waals surface area contributed by atoms with Crippen molar-refractivity contribution in [2.75, 3.05) is 0 Å². The van der Waals surface area contributed by atoms with Gasteiger partial charge in [-0.3, -0.25) is 4.99 Å². The highest BCUT2D eigenvalue weighted by Gasteiger charge is 1.98. The molecule has 0 aliphatic carbocycles. The number of rotatable bonds is 0. The van der Waals surface area contributed by atoms with Crippen LogP contribution in [0.15, 0.2) is 28.4 Å². The lowest BCUT2D eigenvalue weighted by Crippen LogP contribution is -1.90. The van der Waals surface area contributed by atoms with Gasteiger partial charge in [-0.05, 0) is 26.8 Å². The molecule has 1 heterocycles. The zero-order valence-corrected chi connectivity index (χ0v) is 6.81. The molecule has 0 aromatic carbocycles. The number of aliphatic imine (C=N–C) groups is 1. The minimum atomic E-state index is 1.03. The molecule has 0 aromatic heterocycles. The Balaban J connectivity index is 2.90. The highest BCUT2D eigenvalue weighted by Crippen LogP contribution is 2.13. The van der Waals surface area contributed by atoms with Gasteiger partial charge in [0, 0.05) is 18.3 Å². The summed E-state index contributed by atoms with van der Waals surface area (Å²) < 4.78 is 0. The van der Waals surface area contributed by atoms with Gasteiger partial charge in [0.05, 0.1) is 0 Å². The second-order valence-electron chi connectivity index (χ2n) is 2.82. The van der Waals surface area contributed by atoms with Crippen LogP contribution in [0.25, 0.3) is 0 Å². The van der Waals surface area contributed by atoms with Crippen LogP contribution in [0.3, 0.4) is 0 Å². The Kier molecular flexibility index (Phi) is 2.05. The van der Waals surface area contributed by atoms with Crippen LogP contribution in [0.2, 0.25) is 0 Å². The fourth-order valence-corrected chi connectivity index (χ4v) is 0.987. The molecule has 0 saturated carbocycles. The SMILES string of the molecule is CC1=NC=CC(C)=C(C)C1. The highest BCUT2D eigenvalue weighted by molar-refractivity contribution is 5.85. The van der Waals surface area contributed by atoms with E-state index in [1.165, 1.54) is 16.9 Å². The molecule has 1 heteroatoms. The summed E-state index contributed by atoms with van der Waals surface area (Å²) in [7, 11) is 0. The lowest BCUT2D eigenvalue weighted by Gasteiger charge is -1.99. The van der Waals surface area contributed by atoms with Gasteiger partial charge in [0.1, 0.15) is 0 Å². The van der Waals surface area contributed by atoms with Gasteiger partial charge in [-0.1, -0.05) is 11.1 Å². The van der Waals surface area contributed by atoms with Crippen LogP contribution < -0.4 is 0 Å². The molecule has 0 bridgehead atoms. The van der Waals surface area contributed by atoms with E-state index in [2.05, 4.69) is 31.8 Å². The second-order valence-corrected chi connectivity index (χ2v) is 2.82. The van der Waals surface area contributed by atoms with Crippen LogP contribution in [0.1, 0.15) is 27.2 Å². The maximum absolute atomic E-state index is 4.22. The van der Waals surface area contributed by atoms with Crippen LogP contribution in [-0.2, 0) is 0 Å². The molecule has 54 valence electrons. The average Bonchev–Trinajstić information content (AvgIpc) is 1.96. The Bertz CT molecular complexity index is 219. The van der Waals surface area contributed by atoms with Gasteiger partial charge in [0.25, 0.3) is 0 Å². The largest absolute Gasteiger partial charge is 0.266 e. The van der Waals surface area contributed by atoms with E-state index in [-0.39, 0.29) is 0 Å². The highest BCUT2D eigenvalue weighted by atomic mass is 14.7. The van der Waals surface area contributed by atoms with Crippen LogP contribution in [0, 0.1) is 0 Å². The molecule has 1 aliphatic rings. The van der Waals surface area contributed by atoms with E-state index in [0.29, 0.717) is 0 Å². The third kappa shape index (κ3) is 1.56. The fraction of sp³-hybridized carbons (Fsp3) is 0.444. The predicted octanol–water partition coefficient (Wildman–Crippen LogP) is 2.70. The van der Waals surface area contributed by atoms with E-state index in [4.69, 9.17) is 0 Å². The smallest absolute Gasteiger partial charge is 0.0269 e. The van der Waals surface area contributed by atoms with Gasteiger partial charge >= 0.3 is 0 Å². The molecule has 0 amide bonds. The van der Waals surface area contributed by atoms with Gasteiger partial charge in [-0.2, -0.15) is 0 Å².